The zero-order valence-electron chi connectivity index (χ0n) is 8.18. The summed E-state index contributed by atoms with van der Waals surface area (Å²) in [6.45, 7) is 2.25. The highest BCUT2D eigenvalue weighted by Gasteiger charge is 2.36. The molecule has 0 aromatic carbocycles. The Morgan fingerprint density at radius 3 is 1.75 bits per heavy atom. The Balaban J connectivity index is 1.81. The highest BCUT2D eigenvalue weighted by Crippen LogP contribution is 2.43. The van der Waals surface area contributed by atoms with Crippen molar-refractivity contribution in [3.63, 3.8) is 0 Å². The molecule has 2 rings (SSSR count). The van der Waals surface area contributed by atoms with Crippen LogP contribution in [-0.4, -0.2) is 5.54 Å². The first-order valence-electron chi connectivity index (χ1n) is 5.51. The molecular formula is C11H21N. The molecule has 0 spiro atoms. The highest BCUT2D eigenvalue weighted by atomic mass is 14.7. The minimum atomic E-state index is 0.211. The fourth-order valence-corrected chi connectivity index (χ4v) is 2.17. The van der Waals surface area contributed by atoms with E-state index in [4.69, 9.17) is 5.73 Å². The molecule has 1 nitrogen and oxygen atoms in total. The van der Waals surface area contributed by atoms with Crippen molar-refractivity contribution in [1.82, 2.24) is 0 Å². The summed E-state index contributed by atoms with van der Waals surface area (Å²) in [5.41, 5.74) is 6.59. The number of hydrogen-bond acceptors (Lipinski definition) is 1. The Morgan fingerprint density at radius 1 is 1.08 bits per heavy atom. The smallest absolute Gasteiger partial charge is 0.0157 e. The van der Waals surface area contributed by atoms with Gasteiger partial charge in [0, 0.05) is 5.54 Å². The van der Waals surface area contributed by atoms with Crippen LogP contribution in [0.1, 0.15) is 51.9 Å². The summed E-state index contributed by atoms with van der Waals surface area (Å²) in [5.74, 6) is 1.99. The van der Waals surface area contributed by atoms with Gasteiger partial charge in [-0.1, -0.05) is 32.6 Å². The SMILES string of the molecule is CCC(N)(CC1CC1)CC1CC1. The lowest BCUT2D eigenvalue weighted by Gasteiger charge is -2.28. The number of hydrogen-bond donors (Lipinski definition) is 1. The molecule has 1 heteroatoms. The summed E-state index contributed by atoms with van der Waals surface area (Å²) in [7, 11) is 0. The first-order valence-corrected chi connectivity index (χ1v) is 5.51. The molecular weight excluding hydrogens is 146 g/mol. The summed E-state index contributed by atoms with van der Waals surface area (Å²) in [5, 5.41) is 0. The van der Waals surface area contributed by atoms with Gasteiger partial charge in [0.25, 0.3) is 0 Å². The third kappa shape index (κ3) is 2.22. The molecule has 0 unspecified atom stereocenters. The van der Waals surface area contributed by atoms with Gasteiger partial charge >= 0.3 is 0 Å². The number of rotatable bonds is 5. The fourth-order valence-electron chi connectivity index (χ4n) is 2.17. The van der Waals surface area contributed by atoms with Gasteiger partial charge in [-0.25, -0.2) is 0 Å². The van der Waals surface area contributed by atoms with E-state index < -0.39 is 0 Å². The van der Waals surface area contributed by atoms with Gasteiger partial charge in [-0.15, -0.1) is 0 Å². The van der Waals surface area contributed by atoms with Crippen LogP contribution in [0.25, 0.3) is 0 Å². The molecule has 2 N–H and O–H groups in total. The van der Waals surface area contributed by atoms with E-state index in [9.17, 15) is 0 Å². The van der Waals surface area contributed by atoms with E-state index >= 15 is 0 Å². The minimum absolute atomic E-state index is 0.211. The molecule has 2 fully saturated rings. The zero-order valence-corrected chi connectivity index (χ0v) is 8.18. The largest absolute Gasteiger partial charge is 0.325 e. The van der Waals surface area contributed by atoms with Gasteiger partial charge in [0.15, 0.2) is 0 Å². The molecule has 0 radical (unpaired) electrons. The molecule has 0 atom stereocenters. The van der Waals surface area contributed by atoms with E-state index in [0.717, 1.165) is 11.8 Å². The van der Waals surface area contributed by atoms with Crippen LogP contribution in [0.4, 0.5) is 0 Å². The lowest BCUT2D eigenvalue weighted by molar-refractivity contribution is 0.319. The Bertz CT molecular complexity index is 142. The molecule has 0 amide bonds. The van der Waals surface area contributed by atoms with Crippen molar-refractivity contribution < 1.29 is 0 Å². The topological polar surface area (TPSA) is 26.0 Å². The van der Waals surface area contributed by atoms with Gasteiger partial charge in [0.1, 0.15) is 0 Å². The quantitative estimate of drug-likeness (QED) is 0.669. The van der Waals surface area contributed by atoms with Crippen LogP contribution in [0.15, 0.2) is 0 Å². The average Bonchev–Trinajstić information content (AvgIpc) is 2.85. The molecule has 12 heavy (non-hydrogen) atoms. The first-order chi connectivity index (χ1) is 5.72. The minimum Gasteiger partial charge on any atom is -0.325 e. The van der Waals surface area contributed by atoms with E-state index in [-0.39, 0.29) is 5.54 Å². The predicted molar refractivity (Wildman–Crippen MR) is 51.9 cm³/mol. The zero-order chi connectivity index (χ0) is 8.60. The molecule has 0 aromatic rings. The highest BCUT2D eigenvalue weighted by molar-refractivity contribution is 4.94. The Morgan fingerprint density at radius 2 is 1.50 bits per heavy atom. The van der Waals surface area contributed by atoms with E-state index in [1.165, 1.54) is 44.9 Å². The molecule has 70 valence electrons. The maximum Gasteiger partial charge on any atom is 0.0157 e. The van der Waals surface area contributed by atoms with Gasteiger partial charge < -0.3 is 5.73 Å². The van der Waals surface area contributed by atoms with Crippen LogP contribution in [0.3, 0.4) is 0 Å². The summed E-state index contributed by atoms with van der Waals surface area (Å²) in [6.07, 6.45) is 9.58. The molecule has 0 bridgehead atoms. The van der Waals surface area contributed by atoms with Gasteiger partial charge in [-0.2, -0.15) is 0 Å². The second-order valence-electron chi connectivity index (χ2n) is 5.01. The van der Waals surface area contributed by atoms with Crippen molar-refractivity contribution in [1.29, 1.82) is 0 Å². The molecule has 2 saturated carbocycles. The van der Waals surface area contributed by atoms with E-state index in [1.54, 1.807) is 0 Å². The Kier molecular flexibility index (Phi) is 2.16. The van der Waals surface area contributed by atoms with Crippen molar-refractivity contribution >= 4 is 0 Å². The summed E-state index contributed by atoms with van der Waals surface area (Å²) in [4.78, 5) is 0. The summed E-state index contributed by atoms with van der Waals surface area (Å²) in [6, 6.07) is 0. The molecule has 2 aliphatic rings. The third-order valence-electron chi connectivity index (χ3n) is 3.49. The van der Waals surface area contributed by atoms with Crippen LogP contribution in [0, 0.1) is 11.8 Å². The standard InChI is InChI=1S/C11H21N/c1-2-11(12,7-9-3-4-9)8-10-5-6-10/h9-10H,2-8,12H2,1H3. The third-order valence-corrected chi connectivity index (χ3v) is 3.49. The van der Waals surface area contributed by atoms with Crippen LogP contribution in [-0.2, 0) is 0 Å². The molecule has 0 heterocycles. The lowest BCUT2D eigenvalue weighted by atomic mass is 9.85. The van der Waals surface area contributed by atoms with E-state index in [2.05, 4.69) is 6.92 Å². The van der Waals surface area contributed by atoms with Gasteiger partial charge in [0.05, 0.1) is 0 Å². The molecule has 0 saturated heterocycles. The summed E-state index contributed by atoms with van der Waals surface area (Å²) >= 11 is 0. The average molecular weight is 167 g/mol. The summed E-state index contributed by atoms with van der Waals surface area (Å²) < 4.78 is 0. The Hall–Kier alpha value is -0.0400. The second-order valence-corrected chi connectivity index (χ2v) is 5.01. The van der Waals surface area contributed by atoms with Crippen LogP contribution < -0.4 is 5.73 Å². The van der Waals surface area contributed by atoms with Crippen molar-refractivity contribution in [3.05, 3.63) is 0 Å². The van der Waals surface area contributed by atoms with Crippen molar-refractivity contribution in [2.45, 2.75) is 57.4 Å². The van der Waals surface area contributed by atoms with Crippen LogP contribution >= 0.6 is 0 Å². The first kappa shape index (κ1) is 8.55. The van der Waals surface area contributed by atoms with Crippen LogP contribution in [0.2, 0.25) is 0 Å². The van der Waals surface area contributed by atoms with Gasteiger partial charge in [-0.05, 0) is 31.1 Å². The van der Waals surface area contributed by atoms with Gasteiger partial charge in [-0.3, -0.25) is 0 Å². The molecule has 0 aromatic heterocycles. The van der Waals surface area contributed by atoms with Crippen molar-refractivity contribution in [2.24, 2.45) is 17.6 Å². The predicted octanol–water partition coefficient (Wildman–Crippen LogP) is 2.69. The van der Waals surface area contributed by atoms with Crippen LogP contribution in [0.5, 0.6) is 0 Å². The lowest BCUT2D eigenvalue weighted by Crippen LogP contribution is -2.40. The van der Waals surface area contributed by atoms with E-state index in [0.29, 0.717) is 0 Å². The van der Waals surface area contributed by atoms with E-state index in [1.807, 2.05) is 0 Å². The number of nitrogens with two attached hydrogens (primary N) is 1. The molecule has 2 aliphatic carbocycles. The van der Waals surface area contributed by atoms with Crippen molar-refractivity contribution in [2.75, 3.05) is 0 Å². The fraction of sp³-hybridized carbons (Fsp3) is 1.00. The normalized spacial score (nSPS) is 24.5. The van der Waals surface area contributed by atoms with Crippen molar-refractivity contribution in [3.8, 4) is 0 Å². The Labute approximate surface area is 75.7 Å². The maximum absolute atomic E-state index is 6.38. The second kappa shape index (κ2) is 3.02. The van der Waals surface area contributed by atoms with Gasteiger partial charge in [0.2, 0.25) is 0 Å². The monoisotopic (exact) mass is 167 g/mol. The maximum atomic E-state index is 6.38. The molecule has 0 aliphatic heterocycles.